The standard InChI is InChI=1S/C29H32N2O3/c1-29(2,3)24-7-5-8-25(19-24)30-27(32)22-12-10-20(11-13-22)21-14-16-31(17-15-21)26-9-4-6-23(18-26)28(33)34/h4-13,18-19,21H,14-17H2,1-3H3,(H,30,32)(H,33,34). The van der Waals surface area contributed by atoms with Gasteiger partial charge in [-0.3, -0.25) is 4.79 Å². The summed E-state index contributed by atoms with van der Waals surface area (Å²) < 4.78 is 0. The molecule has 34 heavy (non-hydrogen) atoms. The van der Waals surface area contributed by atoms with Crippen molar-refractivity contribution in [3.05, 3.63) is 95.1 Å². The van der Waals surface area contributed by atoms with Crippen molar-refractivity contribution in [3.8, 4) is 0 Å². The number of aromatic carboxylic acids is 1. The van der Waals surface area contributed by atoms with Crippen molar-refractivity contribution < 1.29 is 14.7 Å². The van der Waals surface area contributed by atoms with Gasteiger partial charge in [0, 0.05) is 30.0 Å². The van der Waals surface area contributed by atoms with Gasteiger partial charge in [0.05, 0.1) is 5.56 Å². The summed E-state index contributed by atoms with van der Waals surface area (Å²) in [6.07, 6.45) is 1.98. The summed E-state index contributed by atoms with van der Waals surface area (Å²) in [7, 11) is 0. The second-order valence-corrected chi connectivity index (χ2v) is 10.0. The number of amides is 1. The molecule has 0 aliphatic carbocycles. The lowest BCUT2D eigenvalue weighted by molar-refractivity contribution is 0.0696. The van der Waals surface area contributed by atoms with Gasteiger partial charge in [-0.2, -0.15) is 0 Å². The van der Waals surface area contributed by atoms with Gasteiger partial charge in [0.2, 0.25) is 0 Å². The highest BCUT2D eigenvalue weighted by Crippen LogP contribution is 2.31. The summed E-state index contributed by atoms with van der Waals surface area (Å²) in [6.45, 7) is 8.22. The smallest absolute Gasteiger partial charge is 0.335 e. The third kappa shape index (κ3) is 5.48. The van der Waals surface area contributed by atoms with Crippen molar-refractivity contribution >= 4 is 23.3 Å². The number of hydrogen-bond acceptors (Lipinski definition) is 3. The first kappa shape index (κ1) is 23.6. The van der Waals surface area contributed by atoms with Crippen LogP contribution in [-0.4, -0.2) is 30.1 Å². The minimum atomic E-state index is -0.900. The van der Waals surface area contributed by atoms with Gasteiger partial charge in [0.15, 0.2) is 0 Å². The molecule has 0 unspecified atom stereocenters. The van der Waals surface area contributed by atoms with Gasteiger partial charge in [0.1, 0.15) is 0 Å². The molecule has 1 amide bonds. The number of nitrogens with zero attached hydrogens (tertiary/aromatic N) is 1. The number of anilines is 2. The highest BCUT2D eigenvalue weighted by Gasteiger charge is 2.22. The Labute approximate surface area is 201 Å². The Morgan fingerprint density at radius 2 is 1.56 bits per heavy atom. The molecule has 0 bridgehead atoms. The fourth-order valence-electron chi connectivity index (χ4n) is 4.48. The normalized spacial score (nSPS) is 14.6. The maximum Gasteiger partial charge on any atom is 0.335 e. The summed E-state index contributed by atoms with van der Waals surface area (Å²) in [6, 6.07) is 23.1. The minimum absolute atomic E-state index is 0.0248. The molecule has 1 heterocycles. The van der Waals surface area contributed by atoms with Gasteiger partial charge < -0.3 is 15.3 Å². The average molecular weight is 457 g/mol. The van der Waals surface area contributed by atoms with Crippen LogP contribution in [0.4, 0.5) is 11.4 Å². The molecule has 2 N–H and O–H groups in total. The SMILES string of the molecule is CC(C)(C)c1cccc(NC(=O)c2ccc(C3CCN(c4cccc(C(=O)O)c4)CC3)cc2)c1. The van der Waals surface area contributed by atoms with Crippen molar-refractivity contribution in [1.29, 1.82) is 0 Å². The van der Waals surface area contributed by atoms with E-state index in [-0.39, 0.29) is 11.3 Å². The van der Waals surface area contributed by atoms with Crippen LogP contribution in [0.3, 0.4) is 0 Å². The number of carbonyl (C=O) groups excluding carboxylic acids is 1. The molecule has 3 aromatic rings. The summed E-state index contributed by atoms with van der Waals surface area (Å²) in [4.78, 5) is 26.3. The van der Waals surface area contributed by atoms with Gasteiger partial charge in [0.25, 0.3) is 5.91 Å². The van der Waals surface area contributed by atoms with Crippen LogP contribution in [0.25, 0.3) is 0 Å². The third-order valence-corrected chi connectivity index (χ3v) is 6.58. The molecular weight excluding hydrogens is 424 g/mol. The Morgan fingerprint density at radius 3 is 2.21 bits per heavy atom. The first-order valence-electron chi connectivity index (χ1n) is 11.8. The molecule has 3 aromatic carbocycles. The number of benzene rings is 3. The molecular formula is C29H32N2O3. The van der Waals surface area contributed by atoms with E-state index in [4.69, 9.17) is 0 Å². The molecule has 0 aromatic heterocycles. The van der Waals surface area contributed by atoms with Crippen LogP contribution in [0.1, 0.15) is 71.4 Å². The second kappa shape index (κ2) is 9.72. The predicted molar refractivity (Wildman–Crippen MR) is 137 cm³/mol. The van der Waals surface area contributed by atoms with Gasteiger partial charge in [-0.1, -0.05) is 51.1 Å². The summed E-state index contributed by atoms with van der Waals surface area (Å²) in [5.74, 6) is -0.576. The first-order valence-corrected chi connectivity index (χ1v) is 11.8. The Bertz CT molecular complexity index is 1170. The number of nitrogens with one attached hydrogen (secondary N) is 1. The highest BCUT2D eigenvalue weighted by atomic mass is 16.4. The molecule has 0 atom stereocenters. The molecule has 1 fully saturated rings. The topological polar surface area (TPSA) is 69.6 Å². The zero-order valence-corrected chi connectivity index (χ0v) is 20.0. The fraction of sp³-hybridized carbons (Fsp3) is 0.310. The van der Waals surface area contributed by atoms with Gasteiger partial charge in [-0.25, -0.2) is 4.79 Å². The average Bonchev–Trinajstić information content (AvgIpc) is 2.84. The molecule has 4 rings (SSSR count). The molecule has 0 saturated carbocycles. The maximum absolute atomic E-state index is 12.8. The van der Waals surface area contributed by atoms with Gasteiger partial charge in [-0.05, 0) is 77.8 Å². The predicted octanol–water partition coefficient (Wildman–Crippen LogP) is 6.32. The summed E-state index contributed by atoms with van der Waals surface area (Å²) in [5, 5.41) is 12.3. The molecule has 5 heteroatoms. The lowest BCUT2D eigenvalue weighted by atomic mass is 9.87. The fourth-order valence-corrected chi connectivity index (χ4v) is 4.48. The van der Waals surface area contributed by atoms with Crippen LogP contribution >= 0.6 is 0 Å². The van der Waals surface area contributed by atoms with Crippen LogP contribution in [0.15, 0.2) is 72.8 Å². The van der Waals surface area contributed by atoms with E-state index in [9.17, 15) is 14.7 Å². The van der Waals surface area contributed by atoms with E-state index in [1.54, 1.807) is 18.2 Å². The number of carboxylic acid groups (broad SMARTS) is 1. The van der Waals surface area contributed by atoms with E-state index in [0.717, 1.165) is 37.3 Å². The lowest BCUT2D eigenvalue weighted by Gasteiger charge is -2.34. The van der Waals surface area contributed by atoms with Crippen LogP contribution in [0, 0.1) is 0 Å². The number of carbonyl (C=O) groups is 2. The minimum Gasteiger partial charge on any atom is -0.478 e. The van der Waals surface area contributed by atoms with Crippen molar-refractivity contribution in [3.63, 3.8) is 0 Å². The number of rotatable bonds is 5. The third-order valence-electron chi connectivity index (χ3n) is 6.58. The van der Waals surface area contributed by atoms with Crippen molar-refractivity contribution in [2.75, 3.05) is 23.3 Å². The Kier molecular flexibility index (Phi) is 6.73. The zero-order valence-electron chi connectivity index (χ0n) is 20.0. The Balaban J connectivity index is 1.36. The van der Waals surface area contributed by atoms with Crippen LogP contribution in [-0.2, 0) is 5.41 Å². The largest absolute Gasteiger partial charge is 0.478 e. The Morgan fingerprint density at radius 1 is 0.882 bits per heavy atom. The zero-order chi connectivity index (χ0) is 24.3. The summed E-state index contributed by atoms with van der Waals surface area (Å²) in [5.41, 5.74) is 5.18. The van der Waals surface area contributed by atoms with E-state index in [2.05, 4.69) is 49.2 Å². The molecule has 5 nitrogen and oxygen atoms in total. The van der Waals surface area contributed by atoms with Crippen LogP contribution < -0.4 is 10.2 Å². The highest BCUT2D eigenvalue weighted by molar-refractivity contribution is 6.04. The lowest BCUT2D eigenvalue weighted by Crippen LogP contribution is -2.33. The molecule has 0 radical (unpaired) electrons. The number of piperidine rings is 1. The monoisotopic (exact) mass is 456 g/mol. The van der Waals surface area contributed by atoms with E-state index in [1.165, 1.54) is 11.1 Å². The van der Waals surface area contributed by atoms with Crippen LogP contribution in [0.2, 0.25) is 0 Å². The van der Waals surface area contributed by atoms with Gasteiger partial charge in [-0.15, -0.1) is 0 Å². The van der Waals surface area contributed by atoms with E-state index < -0.39 is 5.97 Å². The number of carboxylic acids is 1. The van der Waals surface area contributed by atoms with E-state index >= 15 is 0 Å². The van der Waals surface area contributed by atoms with Crippen molar-refractivity contribution in [2.45, 2.75) is 44.9 Å². The van der Waals surface area contributed by atoms with Crippen molar-refractivity contribution in [1.82, 2.24) is 0 Å². The molecule has 176 valence electrons. The van der Waals surface area contributed by atoms with E-state index in [1.807, 2.05) is 36.4 Å². The number of hydrogen-bond donors (Lipinski definition) is 2. The van der Waals surface area contributed by atoms with Gasteiger partial charge >= 0.3 is 5.97 Å². The quantitative estimate of drug-likeness (QED) is 0.471. The Hall–Kier alpha value is -3.60. The van der Waals surface area contributed by atoms with E-state index in [0.29, 0.717) is 17.0 Å². The van der Waals surface area contributed by atoms with Crippen LogP contribution in [0.5, 0.6) is 0 Å². The molecule has 1 aliphatic heterocycles. The van der Waals surface area contributed by atoms with Crippen molar-refractivity contribution in [2.24, 2.45) is 0 Å². The summed E-state index contributed by atoms with van der Waals surface area (Å²) >= 11 is 0. The molecule has 0 spiro atoms. The second-order valence-electron chi connectivity index (χ2n) is 10.0. The first-order chi connectivity index (χ1) is 16.2. The maximum atomic E-state index is 12.8. The molecule has 1 aliphatic rings. The molecule has 1 saturated heterocycles.